The van der Waals surface area contributed by atoms with Crippen LogP contribution >= 0.6 is 0 Å². The molecule has 0 spiro atoms. The van der Waals surface area contributed by atoms with E-state index in [0.29, 0.717) is 6.42 Å². The molecule has 0 aromatic heterocycles. The Kier molecular flexibility index (Phi) is 6.60. The summed E-state index contributed by atoms with van der Waals surface area (Å²) in [4.78, 5) is 22.9. The molecular formula is C18H27NO3. The van der Waals surface area contributed by atoms with Crippen LogP contribution in [-0.2, 0) is 16.0 Å². The minimum Gasteiger partial charge on any atom is -0.444 e. The first-order valence-corrected chi connectivity index (χ1v) is 7.76. The first-order valence-electron chi connectivity index (χ1n) is 7.76. The first-order chi connectivity index (χ1) is 10.2. The Morgan fingerprint density at radius 2 is 1.86 bits per heavy atom. The fourth-order valence-corrected chi connectivity index (χ4v) is 2.13. The maximum absolute atomic E-state index is 11.9. The van der Waals surface area contributed by atoms with Crippen molar-refractivity contribution in [3.8, 4) is 0 Å². The minimum absolute atomic E-state index is 0.219. The van der Waals surface area contributed by atoms with E-state index in [2.05, 4.69) is 5.32 Å². The maximum atomic E-state index is 11.9. The summed E-state index contributed by atoms with van der Waals surface area (Å²) in [6.45, 7) is 9.11. The Bertz CT molecular complexity index is 530. The number of benzene rings is 1. The van der Waals surface area contributed by atoms with Gasteiger partial charge in [0.05, 0.1) is 0 Å². The highest BCUT2D eigenvalue weighted by Gasteiger charge is 2.17. The highest BCUT2D eigenvalue weighted by atomic mass is 16.6. The molecule has 1 aromatic rings. The van der Waals surface area contributed by atoms with Crippen molar-refractivity contribution < 1.29 is 14.3 Å². The fraction of sp³-hybridized carbons (Fsp3) is 0.556. The summed E-state index contributed by atoms with van der Waals surface area (Å²) in [5.41, 5.74) is 2.42. The molecule has 0 aliphatic heterocycles. The molecule has 0 aliphatic rings. The fourth-order valence-electron chi connectivity index (χ4n) is 2.13. The predicted octanol–water partition coefficient (Wildman–Crippen LogP) is 4.64. The number of ether oxygens (including phenoxy) is 1. The number of carbonyl (C=O) groups excluding carboxylic acids is 2. The van der Waals surface area contributed by atoms with Gasteiger partial charge in [-0.15, -0.1) is 0 Å². The van der Waals surface area contributed by atoms with Crippen LogP contribution in [0.25, 0.3) is 0 Å². The summed E-state index contributed by atoms with van der Waals surface area (Å²) in [7, 11) is 0. The van der Waals surface area contributed by atoms with Crippen LogP contribution in [-0.4, -0.2) is 17.5 Å². The number of amides is 1. The molecule has 0 bridgehead atoms. The zero-order valence-electron chi connectivity index (χ0n) is 14.3. The molecule has 122 valence electrons. The number of nitrogens with one attached hydrogen (secondary N) is 1. The lowest BCUT2D eigenvalue weighted by Crippen LogP contribution is -2.27. The second kappa shape index (κ2) is 7.97. The normalized spacial score (nSPS) is 11.1. The van der Waals surface area contributed by atoms with Crippen molar-refractivity contribution in [2.45, 2.75) is 65.9 Å². The number of rotatable bonds is 6. The number of anilines is 1. The zero-order valence-corrected chi connectivity index (χ0v) is 14.3. The van der Waals surface area contributed by atoms with Gasteiger partial charge in [-0.05, 0) is 71.1 Å². The zero-order chi connectivity index (χ0) is 16.8. The van der Waals surface area contributed by atoms with Crippen molar-refractivity contribution in [3.63, 3.8) is 0 Å². The third-order valence-corrected chi connectivity index (χ3v) is 3.13. The lowest BCUT2D eigenvalue weighted by molar-refractivity contribution is -0.117. The van der Waals surface area contributed by atoms with Crippen LogP contribution < -0.4 is 5.32 Å². The number of hydrogen-bond acceptors (Lipinski definition) is 3. The van der Waals surface area contributed by atoms with E-state index in [4.69, 9.17) is 4.74 Å². The molecule has 0 radical (unpaired) electrons. The van der Waals surface area contributed by atoms with Crippen LogP contribution in [0.15, 0.2) is 18.2 Å². The van der Waals surface area contributed by atoms with Crippen LogP contribution in [0.3, 0.4) is 0 Å². The van der Waals surface area contributed by atoms with Gasteiger partial charge in [-0.2, -0.15) is 0 Å². The topological polar surface area (TPSA) is 55.4 Å². The van der Waals surface area contributed by atoms with E-state index in [-0.39, 0.29) is 5.78 Å². The third kappa shape index (κ3) is 7.25. The lowest BCUT2D eigenvalue weighted by Gasteiger charge is -2.20. The first kappa shape index (κ1) is 18.2. The average molecular weight is 305 g/mol. The Morgan fingerprint density at radius 1 is 1.18 bits per heavy atom. The summed E-state index contributed by atoms with van der Waals surface area (Å²) < 4.78 is 5.30. The SMILES string of the molecule is CC(=O)CCCCc1ccc(C)cc1NC(=O)OC(C)(C)C. The quantitative estimate of drug-likeness (QED) is 0.779. The van der Waals surface area contributed by atoms with E-state index in [0.717, 1.165) is 36.1 Å². The van der Waals surface area contributed by atoms with Crippen molar-refractivity contribution in [2.75, 3.05) is 5.32 Å². The summed E-state index contributed by atoms with van der Waals surface area (Å²) >= 11 is 0. The van der Waals surface area contributed by atoms with Crippen LogP contribution in [0.5, 0.6) is 0 Å². The Balaban J connectivity index is 2.69. The highest BCUT2D eigenvalue weighted by molar-refractivity contribution is 5.86. The van der Waals surface area contributed by atoms with E-state index < -0.39 is 11.7 Å². The van der Waals surface area contributed by atoms with Gasteiger partial charge in [-0.1, -0.05) is 12.1 Å². The van der Waals surface area contributed by atoms with E-state index in [9.17, 15) is 9.59 Å². The number of unbranched alkanes of at least 4 members (excludes halogenated alkanes) is 1. The van der Waals surface area contributed by atoms with Crippen LogP contribution in [0.1, 0.15) is 58.1 Å². The molecule has 0 aliphatic carbocycles. The number of ketones is 1. The van der Waals surface area contributed by atoms with Crippen molar-refractivity contribution in [2.24, 2.45) is 0 Å². The smallest absolute Gasteiger partial charge is 0.412 e. The molecule has 0 saturated heterocycles. The Labute approximate surface area is 133 Å². The number of carbonyl (C=O) groups is 2. The van der Waals surface area contributed by atoms with Crippen LogP contribution in [0, 0.1) is 6.92 Å². The summed E-state index contributed by atoms with van der Waals surface area (Å²) in [5, 5.41) is 2.83. The minimum atomic E-state index is -0.518. The molecule has 1 amide bonds. The molecule has 4 nitrogen and oxygen atoms in total. The second-order valence-corrected chi connectivity index (χ2v) is 6.70. The van der Waals surface area contributed by atoms with Crippen molar-refractivity contribution in [3.05, 3.63) is 29.3 Å². The molecule has 0 saturated carbocycles. The van der Waals surface area contributed by atoms with E-state index in [1.807, 2.05) is 45.9 Å². The Hall–Kier alpha value is -1.84. The molecule has 0 atom stereocenters. The molecule has 0 fully saturated rings. The second-order valence-electron chi connectivity index (χ2n) is 6.70. The molecule has 0 heterocycles. The van der Waals surface area contributed by atoms with Gasteiger partial charge in [0.1, 0.15) is 11.4 Å². The van der Waals surface area contributed by atoms with E-state index in [1.165, 1.54) is 0 Å². The van der Waals surface area contributed by atoms with Gasteiger partial charge in [0.2, 0.25) is 0 Å². The molecule has 0 unspecified atom stereocenters. The van der Waals surface area contributed by atoms with Crippen LogP contribution in [0.4, 0.5) is 10.5 Å². The van der Waals surface area contributed by atoms with E-state index >= 15 is 0 Å². The maximum Gasteiger partial charge on any atom is 0.412 e. The Morgan fingerprint density at radius 3 is 2.45 bits per heavy atom. The molecule has 1 aromatic carbocycles. The van der Waals surface area contributed by atoms with Gasteiger partial charge in [-0.25, -0.2) is 4.79 Å². The summed E-state index contributed by atoms with van der Waals surface area (Å²) in [6.07, 6.45) is 2.79. The van der Waals surface area contributed by atoms with Gasteiger partial charge in [0.15, 0.2) is 0 Å². The number of hydrogen-bond donors (Lipinski definition) is 1. The standard InChI is InChI=1S/C18H27NO3/c1-13-10-11-15(9-7-6-8-14(2)20)16(12-13)19-17(21)22-18(3,4)5/h10-12H,6-9H2,1-5H3,(H,19,21). The monoisotopic (exact) mass is 305 g/mol. The van der Waals surface area contributed by atoms with Crippen molar-refractivity contribution >= 4 is 17.6 Å². The summed E-state index contributed by atoms with van der Waals surface area (Å²) in [5.74, 6) is 0.219. The number of Topliss-reactive ketones (excluding diaryl/α,β-unsaturated/α-hetero) is 1. The molecular weight excluding hydrogens is 278 g/mol. The molecule has 1 N–H and O–H groups in total. The largest absolute Gasteiger partial charge is 0.444 e. The van der Waals surface area contributed by atoms with Gasteiger partial charge in [0.25, 0.3) is 0 Å². The van der Waals surface area contributed by atoms with Crippen molar-refractivity contribution in [1.29, 1.82) is 0 Å². The van der Waals surface area contributed by atoms with Crippen LogP contribution in [0.2, 0.25) is 0 Å². The average Bonchev–Trinajstić information content (AvgIpc) is 2.34. The lowest BCUT2D eigenvalue weighted by atomic mass is 10.0. The van der Waals surface area contributed by atoms with Gasteiger partial charge < -0.3 is 9.53 Å². The van der Waals surface area contributed by atoms with E-state index in [1.54, 1.807) is 6.92 Å². The molecule has 4 heteroatoms. The highest BCUT2D eigenvalue weighted by Crippen LogP contribution is 2.21. The molecule has 22 heavy (non-hydrogen) atoms. The number of aryl methyl sites for hydroxylation is 2. The van der Waals surface area contributed by atoms with Gasteiger partial charge in [0, 0.05) is 12.1 Å². The van der Waals surface area contributed by atoms with Gasteiger partial charge >= 0.3 is 6.09 Å². The van der Waals surface area contributed by atoms with Gasteiger partial charge in [-0.3, -0.25) is 5.32 Å². The third-order valence-electron chi connectivity index (χ3n) is 3.13. The molecule has 1 rings (SSSR count). The summed E-state index contributed by atoms with van der Waals surface area (Å²) in [6, 6.07) is 6.00. The van der Waals surface area contributed by atoms with Crippen molar-refractivity contribution in [1.82, 2.24) is 0 Å². The predicted molar refractivity (Wildman–Crippen MR) is 89.3 cm³/mol.